The minimum Gasteiger partial charge on any atom is -0.495 e. The molecule has 0 saturated carbocycles. The van der Waals surface area contributed by atoms with E-state index in [0.717, 1.165) is 16.6 Å². The molecule has 164 valence electrons. The van der Waals surface area contributed by atoms with Crippen molar-refractivity contribution in [2.75, 3.05) is 12.4 Å². The van der Waals surface area contributed by atoms with Gasteiger partial charge in [-0.2, -0.15) is 0 Å². The van der Waals surface area contributed by atoms with E-state index in [9.17, 15) is 9.59 Å². The normalized spacial score (nSPS) is 11.1. The lowest BCUT2D eigenvalue weighted by Crippen LogP contribution is -2.24. The Balaban J connectivity index is 1.43. The smallest absolute Gasteiger partial charge is 0.276 e. The number of hydrogen-bond donors (Lipinski definition) is 1. The van der Waals surface area contributed by atoms with Crippen LogP contribution in [0, 0.1) is 6.92 Å². The summed E-state index contributed by atoms with van der Waals surface area (Å²) in [4.78, 5) is 30.3. The molecule has 0 radical (unpaired) electrons. The Morgan fingerprint density at radius 1 is 1.03 bits per heavy atom. The lowest BCUT2D eigenvalue weighted by Gasteiger charge is -2.13. The van der Waals surface area contributed by atoms with Gasteiger partial charge in [0.15, 0.2) is 5.65 Å². The van der Waals surface area contributed by atoms with Gasteiger partial charge < -0.3 is 14.5 Å². The number of carbonyl (C=O) groups excluding carboxylic acids is 1. The predicted octanol–water partition coefficient (Wildman–Crippen LogP) is 4.27. The van der Waals surface area contributed by atoms with Gasteiger partial charge >= 0.3 is 0 Å². The molecule has 0 aliphatic rings. The highest BCUT2D eigenvalue weighted by Gasteiger charge is 2.13. The van der Waals surface area contributed by atoms with Gasteiger partial charge in [-0.3, -0.25) is 14.2 Å². The van der Waals surface area contributed by atoms with E-state index in [1.54, 1.807) is 36.1 Å². The number of ether oxygens (including phenoxy) is 1. The molecular weight excluding hydrogens is 416 g/mol. The highest BCUT2D eigenvalue weighted by atomic mass is 16.5. The number of amides is 1. The first-order valence-corrected chi connectivity index (χ1v) is 10.5. The maximum atomic E-state index is 13.1. The van der Waals surface area contributed by atoms with Crippen molar-refractivity contribution < 1.29 is 9.53 Å². The third kappa shape index (κ3) is 3.74. The number of hydrogen-bond acceptors (Lipinski definition) is 4. The molecule has 2 aromatic carbocycles. The molecule has 1 N–H and O–H groups in total. The number of aryl methyl sites for hydroxylation is 1. The van der Waals surface area contributed by atoms with E-state index < -0.39 is 0 Å². The monoisotopic (exact) mass is 438 g/mol. The van der Waals surface area contributed by atoms with Crippen LogP contribution in [0.3, 0.4) is 0 Å². The Hall–Kier alpha value is -4.39. The zero-order chi connectivity index (χ0) is 22.9. The molecule has 5 aromatic rings. The topological polar surface area (TPSA) is 77.6 Å². The molecule has 33 heavy (non-hydrogen) atoms. The average molecular weight is 438 g/mol. The molecule has 7 nitrogen and oxygen atoms in total. The molecule has 0 fully saturated rings. The largest absolute Gasteiger partial charge is 0.495 e. The zero-order valence-electron chi connectivity index (χ0n) is 18.3. The van der Waals surface area contributed by atoms with E-state index in [2.05, 4.69) is 10.3 Å². The summed E-state index contributed by atoms with van der Waals surface area (Å²) in [6.45, 7) is 2.30. The van der Waals surface area contributed by atoms with Gasteiger partial charge in [-0.25, -0.2) is 4.98 Å². The van der Waals surface area contributed by atoms with E-state index in [0.29, 0.717) is 34.7 Å². The summed E-state index contributed by atoms with van der Waals surface area (Å²) in [7, 11) is 1.57. The molecule has 0 atom stereocenters. The van der Waals surface area contributed by atoms with Crippen LogP contribution in [0.4, 0.5) is 5.69 Å². The van der Waals surface area contributed by atoms with Crippen LogP contribution in [-0.4, -0.2) is 27.0 Å². The number of fused-ring (bicyclic) bond motifs is 3. The fourth-order valence-electron chi connectivity index (χ4n) is 3.99. The van der Waals surface area contributed by atoms with Gasteiger partial charge in [0.1, 0.15) is 11.3 Å². The summed E-state index contributed by atoms with van der Waals surface area (Å²) in [5.41, 5.74) is 5.01. The maximum Gasteiger partial charge on any atom is 0.276 e. The second-order valence-electron chi connectivity index (χ2n) is 7.86. The van der Waals surface area contributed by atoms with Crippen LogP contribution in [0.5, 0.6) is 5.75 Å². The molecule has 0 spiro atoms. The van der Waals surface area contributed by atoms with Crippen LogP contribution < -0.4 is 15.6 Å². The van der Waals surface area contributed by atoms with E-state index in [1.807, 2.05) is 66.1 Å². The van der Waals surface area contributed by atoms with E-state index in [-0.39, 0.29) is 11.5 Å². The summed E-state index contributed by atoms with van der Waals surface area (Å²) in [5, 5.41) is 2.91. The van der Waals surface area contributed by atoms with Gasteiger partial charge in [0.2, 0.25) is 0 Å². The molecule has 7 heteroatoms. The highest BCUT2D eigenvalue weighted by Crippen LogP contribution is 2.26. The van der Waals surface area contributed by atoms with Gasteiger partial charge in [0.25, 0.3) is 11.5 Å². The number of aromatic nitrogens is 3. The number of nitrogens with one attached hydrogen (secondary N) is 1. The molecule has 3 aromatic heterocycles. The summed E-state index contributed by atoms with van der Waals surface area (Å²) in [6, 6.07) is 20.3. The highest BCUT2D eigenvalue weighted by molar-refractivity contribution is 6.05. The Kier molecular flexibility index (Phi) is 5.14. The molecule has 3 heterocycles. The Labute approximate surface area is 189 Å². The Bertz CT molecular complexity index is 1550. The molecule has 0 aliphatic carbocycles. The number of nitrogens with zero attached hydrogens (tertiary/aromatic N) is 3. The third-order valence-electron chi connectivity index (χ3n) is 5.65. The first kappa shape index (κ1) is 20.5. The lowest BCUT2D eigenvalue weighted by molar-refractivity contribution is 0.102. The third-order valence-corrected chi connectivity index (χ3v) is 5.65. The Morgan fingerprint density at radius 3 is 2.61 bits per heavy atom. The van der Waals surface area contributed by atoms with Crippen molar-refractivity contribution in [1.29, 1.82) is 0 Å². The first-order chi connectivity index (χ1) is 16.0. The van der Waals surface area contributed by atoms with Crippen LogP contribution in [0.25, 0.3) is 16.7 Å². The fourth-order valence-corrected chi connectivity index (χ4v) is 3.99. The molecule has 0 aliphatic heterocycles. The minimum absolute atomic E-state index is 0.112. The summed E-state index contributed by atoms with van der Waals surface area (Å²) in [6.07, 6.45) is 3.54. The number of benzene rings is 2. The molecular formula is C26H22N4O3. The van der Waals surface area contributed by atoms with Gasteiger partial charge in [-0.05, 0) is 66.6 Å². The van der Waals surface area contributed by atoms with Crippen LogP contribution in [0.2, 0.25) is 0 Å². The van der Waals surface area contributed by atoms with Crippen LogP contribution in [-0.2, 0) is 6.54 Å². The fraction of sp³-hybridized carbons (Fsp3) is 0.115. The number of anilines is 1. The average Bonchev–Trinajstić information content (AvgIpc) is 3.33. The van der Waals surface area contributed by atoms with Gasteiger partial charge in [0.05, 0.1) is 24.9 Å². The van der Waals surface area contributed by atoms with E-state index >= 15 is 0 Å². The molecule has 1 amide bonds. The number of pyridine rings is 1. The van der Waals surface area contributed by atoms with Crippen LogP contribution >= 0.6 is 0 Å². The maximum absolute atomic E-state index is 13.1. The van der Waals surface area contributed by atoms with Gasteiger partial charge in [-0.15, -0.1) is 0 Å². The van der Waals surface area contributed by atoms with Crippen molar-refractivity contribution in [3.05, 3.63) is 106 Å². The summed E-state index contributed by atoms with van der Waals surface area (Å²) >= 11 is 0. The molecule has 0 bridgehead atoms. The second kappa shape index (κ2) is 8.27. The molecule has 0 unspecified atom stereocenters. The standard InChI is InChI=1S/C26H22N4O3/c1-17-7-12-23(33-2)20(15-17)28-25(31)19-10-8-18(9-11-19)16-30-24-21(5-3-13-27-24)29-14-4-6-22(29)26(30)32/h3-15H,16H2,1-2H3,(H,28,31). The number of carbonyl (C=O) groups is 1. The lowest BCUT2D eigenvalue weighted by atomic mass is 10.1. The quantitative estimate of drug-likeness (QED) is 0.445. The molecule has 0 saturated heterocycles. The SMILES string of the molecule is COc1ccc(C)cc1NC(=O)c1ccc(Cn2c(=O)c3cccn3c3cccnc32)cc1. The van der Waals surface area contributed by atoms with Crippen molar-refractivity contribution >= 4 is 28.3 Å². The van der Waals surface area contributed by atoms with E-state index in [1.165, 1.54) is 0 Å². The van der Waals surface area contributed by atoms with Crippen LogP contribution in [0.1, 0.15) is 21.5 Å². The number of rotatable bonds is 5. The number of methoxy groups -OCH3 is 1. The van der Waals surface area contributed by atoms with Crippen molar-refractivity contribution in [3.63, 3.8) is 0 Å². The van der Waals surface area contributed by atoms with Crippen molar-refractivity contribution in [2.45, 2.75) is 13.5 Å². The van der Waals surface area contributed by atoms with Crippen LogP contribution in [0.15, 0.2) is 83.9 Å². The minimum atomic E-state index is -0.232. The van der Waals surface area contributed by atoms with Crippen molar-refractivity contribution in [2.24, 2.45) is 0 Å². The van der Waals surface area contributed by atoms with Crippen molar-refractivity contribution in [3.8, 4) is 5.75 Å². The van der Waals surface area contributed by atoms with E-state index in [4.69, 9.17) is 4.74 Å². The van der Waals surface area contributed by atoms with Gasteiger partial charge in [0, 0.05) is 18.0 Å². The molecule has 5 rings (SSSR count). The summed E-state index contributed by atoms with van der Waals surface area (Å²) < 4.78 is 8.86. The predicted molar refractivity (Wildman–Crippen MR) is 128 cm³/mol. The second-order valence-corrected chi connectivity index (χ2v) is 7.86. The Morgan fingerprint density at radius 2 is 1.82 bits per heavy atom. The van der Waals surface area contributed by atoms with Crippen molar-refractivity contribution in [1.82, 2.24) is 14.0 Å². The summed E-state index contributed by atoms with van der Waals surface area (Å²) in [5.74, 6) is 0.370. The van der Waals surface area contributed by atoms with Gasteiger partial charge in [-0.1, -0.05) is 18.2 Å². The zero-order valence-corrected chi connectivity index (χ0v) is 18.3. The first-order valence-electron chi connectivity index (χ1n) is 10.5.